The predicted molar refractivity (Wildman–Crippen MR) is 117 cm³/mol. The molecule has 0 fully saturated rings. The van der Waals surface area contributed by atoms with E-state index >= 15 is 0 Å². The van der Waals surface area contributed by atoms with Crippen LogP contribution in [0.3, 0.4) is 0 Å². The smallest absolute Gasteiger partial charge is 0.319 e. The predicted octanol–water partition coefficient (Wildman–Crippen LogP) is 3.48. The van der Waals surface area contributed by atoms with E-state index in [1.165, 1.54) is 7.11 Å². The molecule has 0 bridgehead atoms. The van der Waals surface area contributed by atoms with E-state index in [0.29, 0.717) is 41.2 Å². The van der Waals surface area contributed by atoms with Gasteiger partial charge in [0.25, 0.3) is 0 Å². The number of benzene rings is 1. The molecular weight excluding hydrogens is 406 g/mol. The molecule has 2 aromatic heterocycles. The van der Waals surface area contributed by atoms with Crippen LogP contribution in [0.15, 0.2) is 30.3 Å². The standard InChI is InChI=1S/C20H24ClN7O2/c1-12-13(2)27-28(14(12)3)19-8-7-18(25-26-19)22-9-10-23-20(29)24-16-11-15(21)5-6-17(16)30-4/h5-8,11H,9-10H2,1-4H3,(H,22,25)(H2,23,24,29). The Balaban J connectivity index is 1.48. The van der Waals surface area contributed by atoms with E-state index in [0.717, 1.165) is 17.0 Å². The molecule has 1 aromatic carbocycles. The Hall–Kier alpha value is -3.33. The maximum absolute atomic E-state index is 12.1. The molecule has 3 N–H and O–H groups in total. The van der Waals surface area contributed by atoms with Crippen molar-refractivity contribution in [3.8, 4) is 11.6 Å². The van der Waals surface area contributed by atoms with Crippen molar-refractivity contribution in [3.63, 3.8) is 0 Å². The molecule has 0 unspecified atom stereocenters. The van der Waals surface area contributed by atoms with Crippen LogP contribution in [0.5, 0.6) is 5.75 Å². The minimum Gasteiger partial charge on any atom is -0.495 e. The summed E-state index contributed by atoms with van der Waals surface area (Å²) in [5, 5.41) is 22.0. The summed E-state index contributed by atoms with van der Waals surface area (Å²) in [6.45, 7) is 6.86. The highest BCUT2D eigenvalue weighted by atomic mass is 35.5. The second-order valence-electron chi connectivity index (χ2n) is 6.64. The number of carbonyl (C=O) groups excluding carboxylic acids is 1. The second kappa shape index (κ2) is 9.45. The average molecular weight is 430 g/mol. The van der Waals surface area contributed by atoms with Gasteiger partial charge in [-0.25, -0.2) is 9.48 Å². The largest absolute Gasteiger partial charge is 0.495 e. The van der Waals surface area contributed by atoms with Crippen LogP contribution < -0.4 is 20.7 Å². The summed E-state index contributed by atoms with van der Waals surface area (Å²) in [6.07, 6.45) is 0. The summed E-state index contributed by atoms with van der Waals surface area (Å²) in [6, 6.07) is 8.31. The SMILES string of the molecule is COc1ccc(Cl)cc1NC(=O)NCCNc1ccc(-n2nc(C)c(C)c2C)nn1. The van der Waals surface area contributed by atoms with Crippen LogP contribution in [0.25, 0.3) is 5.82 Å². The minimum absolute atomic E-state index is 0.362. The van der Waals surface area contributed by atoms with Crippen LogP contribution in [0.4, 0.5) is 16.3 Å². The fraction of sp³-hybridized carbons (Fsp3) is 0.300. The monoisotopic (exact) mass is 429 g/mol. The third-order valence-electron chi connectivity index (χ3n) is 4.65. The fourth-order valence-electron chi connectivity index (χ4n) is 2.79. The third-order valence-corrected chi connectivity index (χ3v) is 4.88. The molecule has 0 spiro atoms. The zero-order valence-corrected chi connectivity index (χ0v) is 18.0. The molecule has 3 rings (SSSR count). The van der Waals surface area contributed by atoms with Gasteiger partial charge in [0.05, 0.1) is 18.5 Å². The van der Waals surface area contributed by atoms with Crippen LogP contribution in [0.2, 0.25) is 5.02 Å². The molecule has 0 saturated carbocycles. The molecule has 10 heteroatoms. The lowest BCUT2D eigenvalue weighted by Gasteiger charge is -2.12. The lowest BCUT2D eigenvalue weighted by atomic mass is 10.2. The first-order chi connectivity index (χ1) is 14.4. The molecule has 0 aliphatic heterocycles. The molecule has 158 valence electrons. The number of rotatable bonds is 7. The van der Waals surface area contributed by atoms with Crippen molar-refractivity contribution < 1.29 is 9.53 Å². The number of nitrogens with zero attached hydrogens (tertiary/aromatic N) is 4. The summed E-state index contributed by atoms with van der Waals surface area (Å²) in [5.41, 5.74) is 3.64. The van der Waals surface area contributed by atoms with Gasteiger partial charge < -0.3 is 20.7 Å². The number of hydrogen-bond acceptors (Lipinski definition) is 6. The number of urea groups is 1. The Kier molecular flexibility index (Phi) is 6.73. The van der Waals surface area contributed by atoms with Gasteiger partial charge in [-0.1, -0.05) is 11.6 Å². The fourth-order valence-corrected chi connectivity index (χ4v) is 2.96. The molecule has 0 aliphatic carbocycles. The van der Waals surface area contributed by atoms with Gasteiger partial charge in [-0.15, -0.1) is 10.2 Å². The van der Waals surface area contributed by atoms with Gasteiger partial charge in [-0.2, -0.15) is 5.10 Å². The number of amides is 2. The van der Waals surface area contributed by atoms with E-state index in [1.807, 2.05) is 32.9 Å². The molecule has 0 aliphatic rings. The first-order valence-corrected chi connectivity index (χ1v) is 9.76. The van der Waals surface area contributed by atoms with Crippen molar-refractivity contribution >= 4 is 29.1 Å². The van der Waals surface area contributed by atoms with Crippen molar-refractivity contribution in [1.82, 2.24) is 25.3 Å². The molecule has 2 heterocycles. The van der Waals surface area contributed by atoms with Crippen molar-refractivity contribution in [2.24, 2.45) is 0 Å². The summed E-state index contributed by atoms with van der Waals surface area (Å²) in [7, 11) is 1.53. The number of aromatic nitrogens is 4. The van der Waals surface area contributed by atoms with Gasteiger partial charge in [0.2, 0.25) is 0 Å². The number of methoxy groups -OCH3 is 1. The van der Waals surface area contributed by atoms with Gasteiger partial charge >= 0.3 is 6.03 Å². The van der Waals surface area contributed by atoms with Crippen molar-refractivity contribution in [1.29, 1.82) is 0 Å². The zero-order chi connectivity index (χ0) is 21.7. The highest BCUT2D eigenvalue weighted by Gasteiger charge is 2.11. The summed E-state index contributed by atoms with van der Waals surface area (Å²) < 4.78 is 6.98. The molecular formula is C20H24ClN7O2. The molecule has 0 radical (unpaired) electrons. The van der Waals surface area contributed by atoms with Crippen molar-refractivity contribution in [3.05, 3.63) is 52.3 Å². The highest BCUT2D eigenvalue weighted by Crippen LogP contribution is 2.27. The average Bonchev–Trinajstić information content (AvgIpc) is 2.99. The number of halogens is 1. The van der Waals surface area contributed by atoms with Crippen molar-refractivity contribution in [2.75, 3.05) is 30.8 Å². The third kappa shape index (κ3) is 4.98. The lowest BCUT2D eigenvalue weighted by molar-refractivity contribution is 0.252. The number of nitrogens with one attached hydrogen (secondary N) is 3. The summed E-state index contributed by atoms with van der Waals surface area (Å²) in [5.74, 6) is 1.79. The lowest BCUT2D eigenvalue weighted by Crippen LogP contribution is -2.32. The topological polar surface area (TPSA) is 106 Å². The van der Waals surface area contributed by atoms with Gasteiger partial charge in [-0.3, -0.25) is 0 Å². The Labute approximate surface area is 179 Å². The molecule has 9 nitrogen and oxygen atoms in total. The molecule has 0 saturated heterocycles. The summed E-state index contributed by atoms with van der Waals surface area (Å²) >= 11 is 5.96. The Morgan fingerprint density at radius 1 is 1.13 bits per heavy atom. The Bertz CT molecular complexity index is 1030. The van der Waals surface area contributed by atoms with Crippen LogP contribution in [-0.2, 0) is 0 Å². The molecule has 0 atom stereocenters. The number of ether oxygens (including phenoxy) is 1. The van der Waals surface area contributed by atoms with Gasteiger partial charge in [0.15, 0.2) is 5.82 Å². The van der Waals surface area contributed by atoms with Crippen LogP contribution >= 0.6 is 11.6 Å². The van der Waals surface area contributed by atoms with E-state index in [9.17, 15) is 4.79 Å². The number of hydrogen-bond donors (Lipinski definition) is 3. The Morgan fingerprint density at radius 3 is 2.57 bits per heavy atom. The summed E-state index contributed by atoms with van der Waals surface area (Å²) in [4.78, 5) is 12.1. The van der Waals surface area contributed by atoms with Gasteiger partial charge in [0, 0.05) is 23.8 Å². The maximum atomic E-state index is 12.1. The van der Waals surface area contributed by atoms with E-state index in [4.69, 9.17) is 16.3 Å². The van der Waals surface area contributed by atoms with Crippen LogP contribution in [-0.4, -0.2) is 46.2 Å². The van der Waals surface area contributed by atoms with E-state index in [2.05, 4.69) is 31.2 Å². The van der Waals surface area contributed by atoms with E-state index in [-0.39, 0.29) is 6.03 Å². The van der Waals surface area contributed by atoms with Crippen molar-refractivity contribution in [2.45, 2.75) is 20.8 Å². The number of aryl methyl sites for hydroxylation is 1. The van der Waals surface area contributed by atoms with E-state index in [1.54, 1.807) is 22.9 Å². The quantitative estimate of drug-likeness (QED) is 0.496. The van der Waals surface area contributed by atoms with Crippen LogP contribution in [0, 0.1) is 20.8 Å². The molecule has 2 amide bonds. The normalized spacial score (nSPS) is 10.6. The zero-order valence-electron chi connectivity index (χ0n) is 17.3. The molecule has 30 heavy (non-hydrogen) atoms. The highest BCUT2D eigenvalue weighted by molar-refractivity contribution is 6.31. The Morgan fingerprint density at radius 2 is 1.93 bits per heavy atom. The maximum Gasteiger partial charge on any atom is 0.319 e. The first kappa shape index (κ1) is 21.4. The van der Waals surface area contributed by atoms with Gasteiger partial charge in [0.1, 0.15) is 11.6 Å². The van der Waals surface area contributed by atoms with Crippen LogP contribution in [0.1, 0.15) is 17.0 Å². The molecule has 3 aromatic rings. The second-order valence-corrected chi connectivity index (χ2v) is 7.07. The minimum atomic E-state index is -0.362. The number of anilines is 2. The number of carbonyl (C=O) groups is 1. The van der Waals surface area contributed by atoms with Gasteiger partial charge in [-0.05, 0) is 56.7 Å². The van der Waals surface area contributed by atoms with E-state index < -0.39 is 0 Å². The first-order valence-electron chi connectivity index (χ1n) is 9.38.